The number of benzene rings is 2. The summed E-state index contributed by atoms with van der Waals surface area (Å²) < 4.78 is 15.0. The Labute approximate surface area is 231 Å². The van der Waals surface area contributed by atoms with E-state index in [1.165, 1.54) is 16.9 Å². The van der Waals surface area contributed by atoms with Crippen molar-refractivity contribution in [1.29, 1.82) is 0 Å². The van der Waals surface area contributed by atoms with Gasteiger partial charge in [0, 0.05) is 17.1 Å². The molecule has 3 heterocycles. The molecule has 0 saturated heterocycles. The molecule has 39 heavy (non-hydrogen) atoms. The van der Waals surface area contributed by atoms with Crippen molar-refractivity contribution in [2.24, 2.45) is 4.99 Å². The quantitative estimate of drug-likeness (QED) is 0.337. The third-order valence-electron chi connectivity index (χ3n) is 7.00. The van der Waals surface area contributed by atoms with Crippen LogP contribution in [0.3, 0.4) is 0 Å². The number of fused-ring (bicyclic) bond motifs is 1. The molecule has 7 nitrogen and oxygen atoms in total. The fraction of sp³-hybridized carbons (Fsp3) is 0.258. The van der Waals surface area contributed by atoms with E-state index in [4.69, 9.17) is 9.47 Å². The first-order valence-corrected chi connectivity index (χ1v) is 13.6. The van der Waals surface area contributed by atoms with E-state index in [-0.39, 0.29) is 12.2 Å². The van der Waals surface area contributed by atoms with Crippen LogP contribution in [-0.2, 0) is 9.53 Å². The predicted octanol–water partition coefficient (Wildman–Crippen LogP) is 4.52. The van der Waals surface area contributed by atoms with Gasteiger partial charge in [-0.05, 0) is 82.2 Å². The van der Waals surface area contributed by atoms with Crippen molar-refractivity contribution in [1.82, 2.24) is 9.13 Å². The van der Waals surface area contributed by atoms with Gasteiger partial charge in [-0.25, -0.2) is 9.79 Å². The number of hydrogen-bond donors (Lipinski definition) is 0. The summed E-state index contributed by atoms with van der Waals surface area (Å²) in [5.41, 5.74) is 6.83. The summed E-state index contributed by atoms with van der Waals surface area (Å²) in [6.45, 7) is 9.96. The smallest absolute Gasteiger partial charge is 0.338 e. The minimum absolute atomic E-state index is 0.200. The second-order valence-corrected chi connectivity index (χ2v) is 10.6. The maximum absolute atomic E-state index is 13.9. The first-order valence-electron chi connectivity index (χ1n) is 12.8. The van der Waals surface area contributed by atoms with E-state index >= 15 is 0 Å². The third kappa shape index (κ3) is 4.76. The van der Waals surface area contributed by atoms with Gasteiger partial charge >= 0.3 is 5.97 Å². The molecule has 0 bridgehead atoms. The fourth-order valence-electron chi connectivity index (χ4n) is 5.06. The van der Waals surface area contributed by atoms with E-state index in [1.54, 1.807) is 25.5 Å². The molecule has 2 aromatic heterocycles. The number of aromatic nitrogens is 2. The monoisotopic (exact) mass is 541 g/mol. The van der Waals surface area contributed by atoms with Gasteiger partial charge in [-0.3, -0.25) is 9.36 Å². The number of hydrogen-bond acceptors (Lipinski definition) is 6. The number of thiazole rings is 1. The molecular weight excluding hydrogens is 510 g/mol. The Morgan fingerprint density at radius 1 is 1.05 bits per heavy atom. The lowest BCUT2D eigenvalue weighted by atomic mass is 9.96. The summed E-state index contributed by atoms with van der Waals surface area (Å²) in [5.74, 6) is 0.212. The zero-order chi connectivity index (χ0) is 27.8. The molecule has 0 aliphatic carbocycles. The second kappa shape index (κ2) is 10.5. The molecule has 1 aliphatic heterocycles. The molecule has 0 saturated carbocycles. The van der Waals surface area contributed by atoms with Crippen molar-refractivity contribution in [3.8, 4) is 11.4 Å². The number of allylic oxidation sites excluding steroid dienone is 1. The molecule has 4 aromatic rings. The summed E-state index contributed by atoms with van der Waals surface area (Å²) in [4.78, 5) is 32.3. The van der Waals surface area contributed by atoms with Crippen LogP contribution in [0.5, 0.6) is 5.75 Å². The highest BCUT2D eigenvalue weighted by atomic mass is 32.1. The highest BCUT2D eigenvalue weighted by molar-refractivity contribution is 7.07. The van der Waals surface area contributed by atoms with E-state index in [0.29, 0.717) is 26.4 Å². The van der Waals surface area contributed by atoms with Crippen molar-refractivity contribution in [2.75, 3.05) is 13.7 Å². The van der Waals surface area contributed by atoms with Crippen molar-refractivity contribution < 1.29 is 14.3 Å². The predicted molar refractivity (Wildman–Crippen MR) is 153 cm³/mol. The molecule has 1 aliphatic rings. The van der Waals surface area contributed by atoms with Crippen LogP contribution in [0.4, 0.5) is 0 Å². The molecule has 1 atom stereocenters. The van der Waals surface area contributed by atoms with Gasteiger partial charge in [0.1, 0.15) is 5.75 Å². The van der Waals surface area contributed by atoms with Gasteiger partial charge < -0.3 is 14.0 Å². The topological polar surface area (TPSA) is 74.8 Å². The summed E-state index contributed by atoms with van der Waals surface area (Å²) >= 11 is 1.32. The Morgan fingerprint density at radius 3 is 2.38 bits per heavy atom. The van der Waals surface area contributed by atoms with Crippen LogP contribution >= 0.6 is 11.3 Å². The lowest BCUT2D eigenvalue weighted by Crippen LogP contribution is -2.39. The van der Waals surface area contributed by atoms with Gasteiger partial charge in [0.2, 0.25) is 0 Å². The molecular formula is C31H31N3O4S. The van der Waals surface area contributed by atoms with Gasteiger partial charge in [0.15, 0.2) is 4.80 Å². The van der Waals surface area contributed by atoms with Crippen LogP contribution in [0, 0.1) is 20.8 Å². The van der Waals surface area contributed by atoms with Gasteiger partial charge in [0.25, 0.3) is 5.56 Å². The van der Waals surface area contributed by atoms with Crippen molar-refractivity contribution in [3.63, 3.8) is 0 Å². The molecule has 0 radical (unpaired) electrons. The number of carbonyl (C=O) groups is 1. The molecule has 0 unspecified atom stereocenters. The molecule has 0 spiro atoms. The van der Waals surface area contributed by atoms with E-state index < -0.39 is 12.0 Å². The van der Waals surface area contributed by atoms with Gasteiger partial charge in [0.05, 0.1) is 35.6 Å². The van der Waals surface area contributed by atoms with E-state index in [2.05, 4.69) is 60.7 Å². The number of esters is 1. The molecule has 200 valence electrons. The lowest BCUT2D eigenvalue weighted by molar-refractivity contribution is -0.139. The molecule has 2 aromatic carbocycles. The number of aryl methyl sites for hydroxylation is 2. The van der Waals surface area contributed by atoms with Gasteiger partial charge in [-0.1, -0.05) is 41.2 Å². The summed E-state index contributed by atoms with van der Waals surface area (Å²) in [6, 6.07) is 17.2. The van der Waals surface area contributed by atoms with Crippen LogP contribution in [0.1, 0.15) is 48.0 Å². The lowest BCUT2D eigenvalue weighted by Gasteiger charge is -2.24. The van der Waals surface area contributed by atoms with Crippen LogP contribution < -0.4 is 19.6 Å². The molecule has 8 heteroatoms. The average molecular weight is 542 g/mol. The maximum atomic E-state index is 13.9. The van der Waals surface area contributed by atoms with E-state index in [9.17, 15) is 9.59 Å². The Hall–Kier alpha value is -4.17. The Morgan fingerprint density at radius 2 is 1.74 bits per heavy atom. The highest BCUT2D eigenvalue weighted by Gasteiger charge is 2.33. The minimum atomic E-state index is -0.659. The number of methoxy groups -OCH3 is 1. The van der Waals surface area contributed by atoms with Crippen LogP contribution in [0.25, 0.3) is 11.8 Å². The standard InChI is InChI=1S/C31H31N3O4S/c1-7-38-30(36)27-20(4)32-31-34(28(27)22-10-14-25(37-6)15-11-22)29(35)26(39-31)17-23-16-19(3)33(21(23)5)24-12-8-18(2)9-13-24/h8-17,28H,7H2,1-6H3/b26-17-/t28-/m0/s1. The number of rotatable bonds is 6. The average Bonchev–Trinajstić information content (AvgIpc) is 3.38. The first kappa shape index (κ1) is 26.4. The molecule has 0 N–H and O–H groups in total. The zero-order valence-corrected chi connectivity index (χ0v) is 23.8. The maximum Gasteiger partial charge on any atom is 0.338 e. The Balaban J connectivity index is 1.68. The van der Waals surface area contributed by atoms with E-state index in [0.717, 1.165) is 28.2 Å². The molecule has 0 amide bonds. The van der Waals surface area contributed by atoms with Crippen LogP contribution in [0.15, 0.2) is 75.7 Å². The molecule has 5 rings (SSSR count). The van der Waals surface area contributed by atoms with E-state index in [1.807, 2.05) is 30.3 Å². The summed E-state index contributed by atoms with van der Waals surface area (Å²) in [7, 11) is 1.60. The van der Waals surface area contributed by atoms with Crippen molar-refractivity contribution in [2.45, 2.75) is 40.7 Å². The molecule has 0 fully saturated rings. The number of nitrogens with zero attached hydrogens (tertiary/aromatic N) is 3. The highest BCUT2D eigenvalue weighted by Crippen LogP contribution is 2.31. The second-order valence-electron chi connectivity index (χ2n) is 9.57. The summed E-state index contributed by atoms with van der Waals surface area (Å²) in [5, 5.41) is 0. The SMILES string of the molecule is CCOC(=O)C1=C(C)N=c2s/c(=C\c3cc(C)n(-c4ccc(C)cc4)c3C)c(=O)n2[C@H]1c1ccc(OC)cc1. The normalized spacial score (nSPS) is 15.2. The third-order valence-corrected chi connectivity index (χ3v) is 7.98. The fourth-order valence-corrected chi connectivity index (χ4v) is 6.10. The van der Waals surface area contributed by atoms with Crippen molar-refractivity contribution >= 4 is 23.4 Å². The first-order chi connectivity index (χ1) is 18.7. The van der Waals surface area contributed by atoms with Gasteiger partial charge in [-0.2, -0.15) is 0 Å². The minimum Gasteiger partial charge on any atom is -0.497 e. The van der Waals surface area contributed by atoms with Gasteiger partial charge in [-0.15, -0.1) is 0 Å². The number of ether oxygens (including phenoxy) is 2. The zero-order valence-electron chi connectivity index (χ0n) is 22.9. The Bertz CT molecular complexity index is 1770. The summed E-state index contributed by atoms with van der Waals surface area (Å²) in [6.07, 6.45) is 1.92. The van der Waals surface area contributed by atoms with Crippen LogP contribution in [-0.4, -0.2) is 28.8 Å². The van der Waals surface area contributed by atoms with Crippen molar-refractivity contribution in [3.05, 3.63) is 114 Å². The number of carbonyl (C=O) groups excluding carboxylic acids is 1. The largest absolute Gasteiger partial charge is 0.497 e. The van der Waals surface area contributed by atoms with Crippen LogP contribution in [0.2, 0.25) is 0 Å². The Kier molecular flexibility index (Phi) is 7.14.